The fraction of sp³-hybridized carbons (Fsp3) is 0.615. The summed E-state index contributed by atoms with van der Waals surface area (Å²) in [5.74, 6) is 0.645. The summed E-state index contributed by atoms with van der Waals surface area (Å²) in [5, 5.41) is 7.72. The van der Waals surface area contributed by atoms with Crippen LogP contribution in [0.15, 0.2) is 16.8 Å². The minimum absolute atomic E-state index is 0.0134. The second-order valence-corrected chi connectivity index (χ2v) is 6.10. The van der Waals surface area contributed by atoms with Crippen LogP contribution in [0.25, 0.3) is 0 Å². The lowest BCUT2D eigenvalue weighted by atomic mass is 10.1. The number of nitrogens with zero attached hydrogens (tertiary/aromatic N) is 1. The second kappa shape index (κ2) is 4.10. The van der Waals surface area contributed by atoms with Gasteiger partial charge < -0.3 is 4.90 Å². The van der Waals surface area contributed by atoms with Gasteiger partial charge in [0.15, 0.2) is 0 Å². The number of hydrogen-bond donors (Lipinski definition) is 1. The standard InChI is InChI=1S/C13H18N2OS/c1-8(2)11-13(16)15(10-3-4-10)12(14-11)9-5-6-17-7-9/h5-8,10-12,14H,3-4H2,1-2H3. The van der Waals surface area contributed by atoms with Crippen molar-refractivity contribution >= 4 is 17.2 Å². The summed E-state index contributed by atoms with van der Waals surface area (Å²) in [6, 6.07) is 2.58. The number of carbonyl (C=O) groups excluding carboxylic acids is 1. The van der Waals surface area contributed by atoms with Crippen molar-refractivity contribution in [3.05, 3.63) is 22.4 Å². The van der Waals surface area contributed by atoms with Crippen LogP contribution in [0.2, 0.25) is 0 Å². The molecule has 17 heavy (non-hydrogen) atoms. The van der Waals surface area contributed by atoms with E-state index in [1.165, 1.54) is 18.4 Å². The average molecular weight is 250 g/mol. The molecule has 3 nitrogen and oxygen atoms in total. The highest BCUT2D eigenvalue weighted by molar-refractivity contribution is 7.07. The molecule has 0 bridgehead atoms. The fourth-order valence-corrected chi connectivity index (χ4v) is 3.20. The Bertz CT molecular complexity index is 411. The van der Waals surface area contributed by atoms with Crippen molar-refractivity contribution in [3.8, 4) is 0 Å². The van der Waals surface area contributed by atoms with Gasteiger partial charge in [0.05, 0.1) is 6.04 Å². The third-order valence-corrected chi connectivity index (χ3v) is 4.30. The van der Waals surface area contributed by atoms with Gasteiger partial charge in [-0.15, -0.1) is 0 Å². The SMILES string of the molecule is CC(C)C1NC(c2ccsc2)N(C2CC2)C1=O. The maximum absolute atomic E-state index is 12.4. The lowest BCUT2D eigenvalue weighted by molar-refractivity contribution is -0.131. The number of hydrogen-bond acceptors (Lipinski definition) is 3. The van der Waals surface area contributed by atoms with Gasteiger partial charge in [-0.25, -0.2) is 0 Å². The van der Waals surface area contributed by atoms with E-state index in [1.54, 1.807) is 11.3 Å². The molecule has 1 aromatic rings. The first-order chi connectivity index (χ1) is 8.18. The van der Waals surface area contributed by atoms with E-state index in [9.17, 15) is 4.79 Å². The molecule has 2 heterocycles. The number of carbonyl (C=O) groups is 1. The van der Waals surface area contributed by atoms with Crippen LogP contribution in [0.3, 0.4) is 0 Å². The van der Waals surface area contributed by atoms with E-state index >= 15 is 0 Å². The normalized spacial score (nSPS) is 29.4. The third-order valence-electron chi connectivity index (χ3n) is 3.60. The monoisotopic (exact) mass is 250 g/mol. The van der Waals surface area contributed by atoms with Gasteiger partial charge in [0.25, 0.3) is 0 Å². The zero-order valence-corrected chi connectivity index (χ0v) is 11.0. The van der Waals surface area contributed by atoms with Crippen molar-refractivity contribution < 1.29 is 4.79 Å². The summed E-state index contributed by atoms with van der Waals surface area (Å²) < 4.78 is 0. The summed E-state index contributed by atoms with van der Waals surface area (Å²) >= 11 is 1.69. The molecule has 2 fully saturated rings. The Morgan fingerprint density at radius 1 is 1.47 bits per heavy atom. The summed E-state index contributed by atoms with van der Waals surface area (Å²) in [4.78, 5) is 14.5. The zero-order valence-electron chi connectivity index (χ0n) is 10.2. The molecule has 2 unspecified atom stereocenters. The van der Waals surface area contributed by atoms with Crippen molar-refractivity contribution in [1.82, 2.24) is 10.2 Å². The van der Waals surface area contributed by atoms with Crippen LogP contribution in [0.1, 0.15) is 38.4 Å². The molecule has 1 aromatic heterocycles. The summed E-state index contributed by atoms with van der Waals surface area (Å²) in [6.07, 6.45) is 2.44. The molecule has 3 rings (SSSR count). The average Bonchev–Trinajstić information content (AvgIpc) is 2.86. The molecule has 1 saturated heterocycles. The van der Waals surface area contributed by atoms with Crippen molar-refractivity contribution in [3.63, 3.8) is 0 Å². The Kier molecular flexibility index (Phi) is 2.71. The highest BCUT2D eigenvalue weighted by Crippen LogP contribution is 2.38. The van der Waals surface area contributed by atoms with Gasteiger partial charge in [0.1, 0.15) is 6.17 Å². The van der Waals surface area contributed by atoms with E-state index < -0.39 is 0 Å². The molecule has 0 radical (unpaired) electrons. The first-order valence-corrected chi connectivity index (χ1v) is 7.23. The van der Waals surface area contributed by atoms with Crippen LogP contribution >= 0.6 is 11.3 Å². The number of thiophene rings is 1. The highest BCUT2D eigenvalue weighted by atomic mass is 32.1. The van der Waals surface area contributed by atoms with E-state index in [1.807, 2.05) is 0 Å². The van der Waals surface area contributed by atoms with Gasteiger partial charge in [-0.2, -0.15) is 11.3 Å². The van der Waals surface area contributed by atoms with Gasteiger partial charge in [-0.1, -0.05) is 13.8 Å². The minimum Gasteiger partial charge on any atom is -0.319 e. The van der Waals surface area contributed by atoms with E-state index in [0.29, 0.717) is 17.9 Å². The molecule has 1 amide bonds. The molecular formula is C13H18N2OS. The minimum atomic E-state index is -0.0134. The summed E-state index contributed by atoms with van der Waals surface area (Å²) in [6.45, 7) is 4.22. The Morgan fingerprint density at radius 3 is 2.76 bits per heavy atom. The first kappa shape index (κ1) is 11.2. The predicted octanol–water partition coefficient (Wildman–Crippen LogP) is 2.37. The van der Waals surface area contributed by atoms with Crippen molar-refractivity contribution in [2.75, 3.05) is 0 Å². The molecule has 1 saturated carbocycles. The van der Waals surface area contributed by atoms with Gasteiger partial charge in [0.2, 0.25) is 5.91 Å². The van der Waals surface area contributed by atoms with Gasteiger partial charge in [0, 0.05) is 6.04 Å². The fourth-order valence-electron chi connectivity index (χ4n) is 2.52. The Hall–Kier alpha value is -0.870. The number of amides is 1. The zero-order chi connectivity index (χ0) is 12.0. The van der Waals surface area contributed by atoms with E-state index in [4.69, 9.17) is 0 Å². The second-order valence-electron chi connectivity index (χ2n) is 5.32. The summed E-state index contributed by atoms with van der Waals surface area (Å²) in [7, 11) is 0. The molecule has 2 atom stereocenters. The lowest BCUT2D eigenvalue weighted by Crippen LogP contribution is -2.35. The Balaban J connectivity index is 1.89. The number of rotatable bonds is 3. The smallest absolute Gasteiger partial charge is 0.241 e. The van der Waals surface area contributed by atoms with Crippen molar-refractivity contribution in [2.24, 2.45) is 5.92 Å². The Labute approximate surface area is 106 Å². The molecule has 92 valence electrons. The highest BCUT2D eigenvalue weighted by Gasteiger charge is 2.47. The molecule has 0 spiro atoms. The molecule has 0 aromatic carbocycles. The van der Waals surface area contributed by atoms with Gasteiger partial charge in [-0.05, 0) is 41.1 Å². The van der Waals surface area contributed by atoms with Crippen LogP contribution in [0, 0.1) is 5.92 Å². The van der Waals surface area contributed by atoms with E-state index in [0.717, 1.165) is 0 Å². The Morgan fingerprint density at radius 2 is 2.24 bits per heavy atom. The van der Waals surface area contributed by atoms with Crippen LogP contribution in [-0.2, 0) is 4.79 Å². The largest absolute Gasteiger partial charge is 0.319 e. The maximum Gasteiger partial charge on any atom is 0.241 e. The quantitative estimate of drug-likeness (QED) is 0.893. The molecule has 1 aliphatic carbocycles. The third kappa shape index (κ3) is 1.89. The maximum atomic E-state index is 12.4. The van der Waals surface area contributed by atoms with Crippen LogP contribution in [0.4, 0.5) is 0 Å². The number of nitrogens with one attached hydrogen (secondary N) is 1. The molecule has 1 aliphatic heterocycles. The predicted molar refractivity (Wildman–Crippen MR) is 68.7 cm³/mol. The lowest BCUT2D eigenvalue weighted by Gasteiger charge is -2.23. The molecule has 1 N–H and O–H groups in total. The van der Waals surface area contributed by atoms with Crippen LogP contribution in [-0.4, -0.2) is 22.9 Å². The molecule has 2 aliphatic rings. The topological polar surface area (TPSA) is 32.3 Å². The first-order valence-electron chi connectivity index (χ1n) is 6.29. The van der Waals surface area contributed by atoms with Crippen molar-refractivity contribution in [1.29, 1.82) is 0 Å². The van der Waals surface area contributed by atoms with E-state index in [2.05, 4.69) is 40.9 Å². The van der Waals surface area contributed by atoms with Gasteiger partial charge >= 0.3 is 0 Å². The summed E-state index contributed by atoms with van der Waals surface area (Å²) in [5.41, 5.74) is 1.23. The molecular weight excluding hydrogens is 232 g/mol. The van der Waals surface area contributed by atoms with E-state index in [-0.39, 0.29) is 12.2 Å². The van der Waals surface area contributed by atoms with Gasteiger partial charge in [-0.3, -0.25) is 10.1 Å². The van der Waals surface area contributed by atoms with Crippen molar-refractivity contribution in [2.45, 2.75) is 44.9 Å². The van der Waals surface area contributed by atoms with Crippen LogP contribution in [0.5, 0.6) is 0 Å². The van der Waals surface area contributed by atoms with Crippen LogP contribution < -0.4 is 5.32 Å². The molecule has 4 heteroatoms.